The zero-order valence-electron chi connectivity index (χ0n) is 17.1. The Bertz CT molecular complexity index is 1260. The van der Waals surface area contributed by atoms with Crippen LogP contribution < -0.4 is 14.4 Å². The average molecular weight is 431 g/mol. The lowest BCUT2D eigenvalue weighted by Crippen LogP contribution is -2.33. The number of hydrogen-bond donors (Lipinski definition) is 0. The quantitative estimate of drug-likeness (QED) is 0.514. The van der Waals surface area contributed by atoms with Gasteiger partial charge in [-0.1, -0.05) is 35.9 Å². The highest BCUT2D eigenvalue weighted by molar-refractivity contribution is 6.39. The minimum absolute atomic E-state index is 0.198. The molecule has 0 spiro atoms. The van der Waals surface area contributed by atoms with Gasteiger partial charge in [0.25, 0.3) is 5.91 Å². The summed E-state index contributed by atoms with van der Waals surface area (Å²) in [5, 5.41) is 0.535. The number of amidine groups is 1. The molecule has 0 atom stereocenters. The number of aliphatic imine (C=N–C) groups is 1. The molecule has 0 bridgehead atoms. The van der Waals surface area contributed by atoms with E-state index in [1.54, 1.807) is 17.0 Å². The predicted octanol–water partition coefficient (Wildman–Crippen LogP) is 5.52. The average Bonchev–Trinajstić information content (AvgIpc) is 3.32. The second-order valence-corrected chi connectivity index (χ2v) is 7.95. The van der Waals surface area contributed by atoms with E-state index >= 15 is 0 Å². The van der Waals surface area contributed by atoms with Crippen LogP contribution in [0.2, 0.25) is 5.02 Å². The van der Waals surface area contributed by atoms with Crippen molar-refractivity contribution in [2.24, 2.45) is 4.99 Å². The summed E-state index contributed by atoms with van der Waals surface area (Å²) in [5.41, 5.74) is 4.72. The van der Waals surface area contributed by atoms with Gasteiger partial charge in [0.15, 0.2) is 11.5 Å². The van der Waals surface area contributed by atoms with Crippen LogP contribution in [0, 0.1) is 13.8 Å². The number of halogens is 1. The molecule has 3 aromatic rings. The van der Waals surface area contributed by atoms with Crippen LogP contribution in [0.15, 0.2) is 71.4 Å². The third kappa shape index (κ3) is 3.57. The van der Waals surface area contributed by atoms with Gasteiger partial charge in [0.1, 0.15) is 11.5 Å². The number of amides is 1. The Morgan fingerprint density at radius 3 is 2.48 bits per heavy atom. The van der Waals surface area contributed by atoms with Crippen molar-refractivity contribution in [3.05, 3.63) is 93.6 Å². The fraction of sp³-hybridized carbons (Fsp3) is 0.120. The summed E-state index contributed by atoms with van der Waals surface area (Å²) in [7, 11) is 0. The molecule has 154 valence electrons. The first-order valence-electron chi connectivity index (χ1n) is 9.87. The van der Waals surface area contributed by atoms with E-state index in [1.165, 1.54) is 0 Å². The zero-order valence-corrected chi connectivity index (χ0v) is 17.8. The van der Waals surface area contributed by atoms with Gasteiger partial charge in [-0.25, -0.2) is 4.99 Å². The molecule has 5 nitrogen and oxygen atoms in total. The van der Waals surface area contributed by atoms with Crippen LogP contribution in [0.5, 0.6) is 11.5 Å². The number of nitrogens with zero attached hydrogens (tertiary/aromatic N) is 2. The van der Waals surface area contributed by atoms with E-state index in [9.17, 15) is 4.79 Å². The highest BCUT2D eigenvalue weighted by atomic mass is 35.5. The molecular weight excluding hydrogens is 412 g/mol. The summed E-state index contributed by atoms with van der Waals surface area (Å²) in [4.78, 5) is 19.8. The van der Waals surface area contributed by atoms with Gasteiger partial charge in [-0.3, -0.25) is 9.69 Å². The third-order valence-electron chi connectivity index (χ3n) is 5.14. The van der Waals surface area contributed by atoms with Gasteiger partial charge in [0.2, 0.25) is 6.79 Å². The molecule has 2 heterocycles. The van der Waals surface area contributed by atoms with E-state index in [2.05, 4.69) is 6.07 Å². The Hall–Kier alpha value is -3.57. The largest absolute Gasteiger partial charge is 0.454 e. The Kier molecular flexibility index (Phi) is 4.75. The van der Waals surface area contributed by atoms with Crippen molar-refractivity contribution >= 4 is 35.1 Å². The van der Waals surface area contributed by atoms with Gasteiger partial charge in [-0.05, 0) is 73.0 Å². The van der Waals surface area contributed by atoms with Gasteiger partial charge >= 0.3 is 0 Å². The lowest BCUT2D eigenvalue weighted by atomic mass is 10.1. The molecule has 6 heteroatoms. The van der Waals surface area contributed by atoms with E-state index in [1.807, 2.05) is 62.4 Å². The first kappa shape index (κ1) is 19.4. The maximum absolute atomic E-state index is 13.5. The maximum Gasteiger partial charge on any atom is 0.282 e. The highest BCUT2D eigenvalue weighted by Crippen LogP contribution is 2.35. The molecule has 0 saturated heterocycles. The Labute approximate surface area is 185 Å². The summed E-state index contributed by atoms with van der Waals surface area (Å²) < 4.78 is 10.8. The van der Waals surface area contributed by atoms with Gasteiger partial charge in [-0.2, -0.15) is 0 Å². The van der Waals surface area contributed by atoms with Crippen LogP contribution in [0.25, 0.3) is 6.08 Å². The van der Waals surface area contributed by atoms with Crippen molar-refractivity contribution in [2.75, 3.05) is 11.7 Å². The number of aryl methyl sites for hydroxylation is 2. The fourth-order valence-corrected chi connectivity index (χ4v) is 4.04. The van der Waals surface area contributed by atoms with E-state index in [0.29, 0.717) is 33.6 Å². The number of anilines is 1. The van der Waals surface area contributed by atoms with Gasteiger partial charge < -0.3 is 9.47 Å². The number of carbonyl (C=O) groups excluding carboxylic acids is 1. The molecule has 0 radical (unpaired) electrons. The van der Waals surface area contributed by atoms with Crippen LogP contribution in [0.4, 0.5) is 5.69 Å². The van der Waals surface area contributed by atoms with Crippen LogP contribution in [0.1, 0.15) is 22.3 Å². The number of fused-ring (bicyclic) bond motifs is 1. The molecular formula is C25H19ClN2O3. The molecule has 5 rings (SSSR count). The van der Waals surface area contributed by atoms with Crippen molar-refractivity contribution in [1.82, 2.24) is 0 Å². The topological polar surface area (TPSA) is 51.1 Å². The predicted molar refractivity (Wildman–Crippen MR) is 122 cm³/mol. The first-order valence-corrected chi connectivity index (χ1v) is 10.2. The molecule has 31 heavy (non-hydrogen) atoms. The number of rotatable bonds is 3. The highest BCUT2D eigenvalue weighted by Gasteiger charge is 2.33. The maximum atomic E-state index is 13.5. The normalized spacial score (nSPS) is 16.2. The van der Waals surface area contributed by atoms with Crippen LogP contribution in [-0.2, 0) is 4.79 Å². The lowest BCUT2D eigenvalue weighted by Gasteiger charge is -2.20. The fourth-order valence-electron chi connectivity index (χ4n) is 3.82. The SMILES string of the molecule is Cc1cc(C)cc(N2C(=O)C(=Cc3ccc4c(c3)OCO4)N=C2c2ccccc2Cl)c1. The molecule has 0 N–H and O–H groups in total. The summed E-state index contributed by atoms with van der Waals surface area (Å²) in [5.74, 6) is 1.64. The summed E-state index contributed by atoms with van der Waals surface area (Å²) >= 11 is 6.47. The van der Waals surface area contributed by atoms with Gasteiger partial charge in [0.05, 0.1) is 10.7 Å². The molecule has 0 fully saturated rings. The minimum atomic E-state index is -0.211. The summed E-state index contributed by atoms with van der Waals surface area (Å²) in [6.45, 7) is 4.21. The molecule has 0 unspecified atom stereocenters. The molecule has 3 aromatic carbocycles. The first-order chi connectivity index (χ1) is 15.0. The molecule has 0 aromatic heterocycles. The van der Waals surface area contributed by atoms with Crippen LogP contribution in [0.3, 0.4) is 0 Å². The van der Waals surface area contributed by atoms with Crippen LogP contribution in [-0.4, -0.2) is 18.5 Å². The smallest absolute Gasteiger partial charge is 0.282 e. The number of carbonyl (C=O) groups is 1. The van der Waals surface area contributed by atoms with Crippen molar-refractivity contribution < 1.29 is 14.3 Å². The number of hydrogen-bond acceptors (Lipinski definition) is 4. The number of ether oxygens (including phenoxy) is 2. The molecule has 1 amide bonds. The third-order valence-corrected chi connectivity index (χ3v) is 5.47. The van der Waals surface area contributed by atoms with Gasteiger partial charge in [0, 0.05) is 5.56 Å². The lowest BCUT2D eigenvalue weighted by molar-refractivity contribution is -0.113. The second kappa shape index (κ2) is 7.60. The van der Waals surface area contributed by atoms with E-state index in [4.69, 9.17) is 26.1 Å². The minimum Gasteiger partial charge on any atom is -0.454 e. The molecule has 0 aliphatic carbocycles. The monoisotopic (exact) mass is 430 g/mol. The van der Waals surface area contributed by atoms with E-state index in [-0.39, 0.29) is 12.7 Å². The summed E-state index contributed by atoms with van der Waals surface area (Å²) in [6.07, 6.45) is 1.75. The van der Waals surface area contributed by atoms with Crippen molar-refractivity contribution in [1.29, 1.82) is 0 Å². The Morgan fingerprint density at radius 2 is 1.71 bits per heavy atom. The van der Waals surface area contributed by atoms with Crippen LogP contribution >= 0.6 is 11.6 Å². The molecule has 2 aliphatic heterocycles. The van der Waals surface area contributed by atoms with Crippen molar-refractivity contribution in [3.8, 4) is 11.5 Å². The van der Waals surface area contributed by atoms with E-state index < -0.39 is 0 Å². The molecule has 2 aliphatic rings. The Morgan fingerprint density at radius 1 is 0.968 bits per heavy atom. The standard InChI is InChI=1S/C25H19ClN2O3/c1-15-9-16(2)11-18(10-15)28-24(19-5-3-4-6-20(19)26)27-21(25(28)29)12-17-7-8-22-23(13-17)31-14-30-22/h3-13H,14H2,1-2H3. The summed E-state index contributed by atoms with van der Waals surface area (Å²) in [6, 6.07) is 19.0. The van der Waals surface area contributed by atoms with Crippen molar-refractivity contribution in [3.63, 3.8) is 0 Å². The Balaban J connectivity index is 1.64. The van der Waals surface area contributed by atoms with E-state index in [0.717, 1.165) is 22.4 Å². The van der Waals surface area contributed by atoms with Gasteiger partial charge in [-0.15, -0.1) is 0 Å². The zero-order chi connectivity index (χ0) is 21.5. The second-order valence-electron chi connectivity index (χ2n) is 7.54. The molecule has 0 saturated carbocycles. The van der Waals surface area contributed by atoms with Crippen molar-refractivity contribution in [2.45, 2.75) is 13.8 Å². The number of benzene rings is 3.